The number of aliphatic hydroxyl groups excluding tert-OH is 1. The van der Waals surface area contributed by atoms with E-state index in [9.17, 15) is 5.11 Å². The molecule has 0 radical (unpaired) electrons. The van der Waals surface area contributed by atoms with Crippen molar-refractivity contribution in [2.75, 3.05) is 31.7 Å². The Kier molecular flexibility index (Phi) is 7.02. The van der Waals surface area contributed by atoms with Gasteiger partial charge in [0.1, 0.15) is 17.6 Å². The summed E-state index contributed by atoms with van der Waals surface area (Å²) in [4.78, 5) is 6.57. The topological polar surface area (TPSA) is 64.1 Å². The van der Waals surface area contributed by atoms with Crippen LogP contribution in [0.4, 0.5) is 5.69 Å². The maximum Gasteiger partial charge on any atom is 0.213 e. The van der Waals surface area contributed by atoms with E-state index in [0.29, 0.717) is 18.9 Å². The van der Waals surface area contributed by atoms with Gasteiger partial charge in [-0.25, -0.2) is 4.98 Å². The van der Waals surface area contributed by atoms with Crippen molar-refractivity contribution >= 4 is 5.69 Å². The average molecular weight is 421 g/mol. The molecule has 1 aliphatic heterocycles. The fraction of sp³-hybridized carbons (Fsp3) is 0.320. The van der Waals surface area contributed by atoms with Crippen LogP contribution in [0.15, 0.2) is 66.9 Å². The lowest BCUT2D eigenvalue weighted by atomic mass is 10.1. The molecule has 1 N–H and O–H groups in total. The third-order valence-corrected chi connectivity index (χ3v) is 5.34. The van der Waals surface area contributed by atoms with Crippen LogP contribution in [0.5, 0.6) is 17.4 Å². The van der Waals surface area contributed by atoms with Crippen molar-refractivity contribution in [3.05, 3.63) is 78.0 Å². The summed E-state index contributed by atoms with van der Waals surface area (Å²) in [5, 5.41) is 9.62. The van der Waals surface area contributed by atoms with Crippen molar-refractivity contribution in [2.45, 2.75) is 25.6 Å². The number of ether oxygens (including phenoxy) is 3. The van der Waals surface area contributed by atoms with Crippen LogP contribution in [-0.4, -0.2) is 43.0 Å². The van der Waals surface area contributed by atoms with Gasteiger partial charge in [-0.15, -0.1) is 0 Å². The van der Waals surface area contributed by atoms with Crippen LogP contribution in [0.25, 0.3) is 0 Å². The maximum absolute atomic E-state index is 9.62. The summed E-state index contributed by atoms with van der Waals surface area (Å²) in [6, 6.07) is 19.6. The summed E-state index contributed by atoms with van der Waals surface area (Å²) in [6.45, 7) is 2.25. The van der Waals surface area contributed by atoms with Gasteiger partial charge in [0.2, 0.25) is 5.88 Å². The molecule has 1 fully saturated rings. The fourth-order valence-corrected chi connectivity index (χ4v) is 3.89. The largest absolute Gasteiger partial charge is 0.472 e. The van der Waals surface area contributed by atoms with Crippen molar-refractivity contribution in [3.63, 3.8) is 0 Å². The Labute approximate surface area is 183 Å². The zero-order valence-corrected chi connectivity index (χ0v) is 17.7. The Morgan fingerprint density at radius 3 is 2.74 bits per heavy atom. The SMILES string of the molecule is COCc1ccccc1Oc1ccc(N2CC[C@H](Oc3ccccn3)C2)c(CCO)c1. The highest BCUT2D eigenvalue weighted by molar-refractivity contribution is 5.58. The molecule has 0 saturated carbocycles. The number of nitrogens with zero attached hydrogens (tertiary/aromatic N) is 2. The minimum atomic E-state index is 0.0818. The normalized spacial score (nSPS) is 15.8. The summed E-state index contributed by atoms with van der Waals surface area (Å²) in [5.74, 6) is 2.18. The molecule has 4 rings (SSSR count). The smallest absolute Gasteiger partial charge is 0.213 e. The van der Waals surface area contributed by atoms with Crippen LogP contribution in [0.3, 0.4) is 0 Å². The average Bonchev–Trinajstić information content (AvgIpc) is 3.25. The molecule has 0 unspecified atom stereocenters. The molecule has 162 valence electrons. The predicted molar refractivity (Wildman–Crippen MR) is 120 cm³/mol. The minimum absolute atomic E-state index is 0.0818. The summed E-state index contributed by atoms with van der Waals surface area (Å²) >= 11 is 0. The van der Waals surface area contributed by atoms with Gasteiger partial charge in [-0.3, -0.25) is 0 Å². The van der Waals surface area contributed by atoms with Gasteiger partial charge < -0.3 is 24.2 Å². The first-order chi connectivity index (χ1) is 15.3. The van der Waals surface area contributed by atoms with Gasteiger partial charge in [0, 0.05) is 50.2 Å². The molecule has 3 aromatic rings. The molecule has 0 bridgehead atoms. The molecule has 1 atom stereocenters. The molecule has 1 aliphatic rings. The fourth-order valence-electron chi connectivity index (χ4n) is 3.89. The summed E-state index contributed by atoms with van der Waals surface area (Å²) in [5.41, 5.74) is 3.16. The van der Waals surface area contributed by atoms with Crippen molar-refractivity contribution in [2.24, 2.45) is 0 Å². The number of aliphatic hydroxyl groups is 1. The van der Waals surface area contributed by atoms with Crippen molar-refractivity contribution in [1.82, 2.24) is 4.98 Å². The second-order valence-corrected chi connectivity index (χ2v) is 7.55. The molecule has 2 aromatic carbocycles. The zero-order valence-electron chi connectivity index (χ0n) is 17.7. The monoisotopic (exact) mass is 420 g/mol. The minimum Gasteiger partial charge on any atom is -0.472 e. The van der Waals surface area contributed by atoms with E-state index >= 15 is 0 Å². The molecule has 0 amide bonds. The van der Waals surface area contributed by atoms with Gasteiger partial charge in [-0.05, 0) is 42.3 Å². The molecular formula is C25H28N2O4. The zero-order chi connectivity index (χ0) is 21.5. The van der Waals surface area contributed by atoms with Crippen LogP contribution in [-0.2, 0) is 17.8 Å². The van der Waals surface area contributed by atoms with E-state index in [1.165, 1.54) is 0 Å². The van der Waals surface area contributed by atoms with Crippen molar-refractivity contribution in [3.8, 4) is 17.4 Å². The number of hydrogen-bond acceptors (Lipinski definition) is 6. The second kappa shape index (κ2) is 10.3. The maximum atomic E-state index is 9.62. The predicted octanol–water partition coefficient (Wildman–Crippen LogP) is 4.21. The molecule has 1 saturated heterocycles. The standard InChI is InChI=1S/C25H28N2O4/c1-29-18-20-6-2-3-7-24(20)30-21-9-10-23(19(16-21)12-15-28)27-14-11-22(17-27)31-25-8-4-5-13-26-25/h2-10,13,16,22,28H,11-12,14-15,17-18H2,1H3/t22-/m0/s1. The number of pyridine rings is 1. The third-order valence-electron chi connectivity index (χ3n) is 5.34. The number of methoxy groups -OCH3 is 1. The molecule has 6 nitrogen and oxygen atoms in total. The summed E-state index contributed by atoms with van der Waals surface area (Å²) < 4.78 is 17.5. The van der Waals surface area contributed by atoms with E-state index in [-0.39, 0.29) is 12.7 Å². The number of para-hydroxylation sites is 1. The highest BCUT2D eigenvalue weighted by Gasteiger charge is 2.26. The third kappa shape index (κ3) is 5.34. The number of hydrogen-bond donors (Lipinski definition) is 1. The Hall–Kier alpha value is -3.09. The summed E-state index contributed by atoms with van der Waals surface area (Å²) in [7, 11) is 1.67. The van der Waals surface area contributed by atoms with Gasteiger partial charge in [-0.1, -0.05) is 24.3 Å². The molecule has 0 spiro atoms. The number of benzene rings is 2. The van der Waals surface area contributed by atoms with Crippen LogP contribution < -0.4 is 14.4 Å². The number of aromatic nitrogens is 1. The van der Waals surface area contributed by atoms with Gasteiger partial charge in [-0.2, -0.15) is 0 Å². The van der Waals surface area contributed by atoms with Gasteiger partial charge >= 0.3 is 0 Å². The second-order valence-electron chi connectivity index (χ2n) is 7.55. The first kappa shape index (κ1) is 21.2. The van der Waals surface area contributed by atoms with Gasteiger partial charge in [0.05, 0.1) is 13.2 Å². The molecule has 2 heterocycles. The van der Waals surface area contributed by atoms with Crippen LogP contribution >= 0.6 is 0 Å². The lowest BCUT2D eigenvalue weighted by molar-refractivity contribution is 0.182. The quantitative estimate of drug-likeness (QED) is 0.559. The highest BCUT2D eigenvalue weighted by atomic mass is 16.5. The van der Waals surface area contributed by atoms with Crippen molar-refractivity contribution in [1.29, 1.82) is 0 Å². The molecule has 6 heteroatoms. The van der Waals surface area contributed by atoms with Gasteiger partial charge in [0.15, 0.2) is 0 Å². The molecule has 1 aromatic heterocycles. The van der Waals surface area contributed by atoms with Crippen molar-refractivity contribution < 1.29 is 19.3 Å². The van der Waals surface area contributed by atoms with E-state index in [0.717, 1.165) is 47.8 Å². The van der Waals surface area contributed by atoms with E-state index in [4.69, 9.17) is 14.2 Å². The van der Waals surface area contributed by atoms with Crippen LogP contribution in [0.1, 0.15) is 17.5 Å². The molecular weight excluding hydrogens is 392 g/mol. The number of anilines is 1. The van der Waals surface area contributed by atoms with Crippen LogP contribution in [0, 0.1) is 0 Å². The Morgan fingerprint density at radius 2 is 1.94 bits per heavy atom. The molecule has 0 aliphatic carbocycles. The highest BCUT2D eigenvalue weighted by Crippen LogP contribution is 2.32. The van der Waals surface area contributed by atoms with E-state index in [1.807, 2.05) is 54.6 Å². The Bertz CT molecular complexity index is 980. The lowest BCUT2D eigenvalue weighted by Gasteiger charge is -2.23. The first-order valence-electron chi connectivity index (χ1n) is 10.6. The lowest BCUT2D eigenvalue weighted by Crippen LogP contribution is -2.25. The first-order valence-corrected chi connectivity index (χ1v) is 10.6. The van der Waals surface area contributed by atoms with E-state index < -0.39 is 0 Å². The Balaban J connectivity index is 1.49. The van der Waals surface area contributed by atoms with Gasteiger partial charge in [0.25, 0.3) is 0 Å². The summed E-state index contributed by atoms with van der Waals surface area (Å²) in [6.07, 6.45) is 3.32. The van der Waals surface area contributed by atoms with E-state index in [2.05, 4.69) is 16.0 Å². The Morgan fingerprint density at radius 1 is 1.06 bits per heavy atom. The van der Waals surface area contributed by atoms with E-state index in [1.54, 1.807) is 13.3 Å². The number of rotatable bonds is 9. The van der Waals surface area contributed by atoms with Crippen LogP contribution in [0.2, 0.25) is 0 Å². The molecule has 31 heavy (non-hydrogen) atoms.